The molecule has 5 nitrogen and oxygen atoms in total. The molecule has 1 aromatic heterocycles. The van der Waals surface area contributed by atoms with Gasteiger partial charge in [0.05, 0.1) is 6.10 Å². The fourth-order valence-corrected chi connectivity index (χ4v) is 4.71. The Hall–Kier alpha value is -2.95. The summed E-state index contributed by atoms with van der Waals surface area (Å²) in [5.74, 6) is 2.91. The maximum absolute atomic E-state index is 11.2. The lowest BCUT2D eigenvalue weighted by Crippen LogP contribution is -2.25. The zero-order chi connectivity index (χ0) is 22.3. The first kappa shape index (κ1) is 22.3. The van der Waals surface area contributed by atoms with Gasteiger partial charge in [-0.3, -0.25) is 4.79 Å². The van der Waals surface area contributed by atoms with Gasteiger partial charge in [-0.15, -0.1) is 0 Å². The van der Waals surface area contributed by atoms with Crippen molar-refractivity contribution in [2.24, 2.45) is 5.92 Å². The summed E-state index contributed by atoms with van der Waals surface area (Å²) in [6.07, 6.45) is 15.6. The van der Waals surface area contributed by atoms with E-state index in [0.29, 0.717) is 17.5 Å². The van der Waals surface area contributed by atoms with Gasteiger partial charge in [0.15, 0.2) is 0 Å². The highest BCUT2D eigenvalue weighted by atomic mass is 16.5. The Labute approximate surface area is 191 Å². The third kappa shape index (κ3) is 6.06. The molecule has 0 spiro atoms. The van der Waals surface area contributed by atoms with Crippen LogP contribution in [-0.4, -0.2) is 22.0 Å². The lowest BCUT2D eigenvalue weighted by Gasteiger charge is -2.29. The van der Waals surface area contributed by atoms with Crippen molar-refractivity contribution in [3.05, 3.63) is 72.3 Å². The van der Waals surface area contributed by atoms with Gasteiger partial charge in [-0.2, -0.15) is 0 Å². The summed E-state index contributed by atoms with van der Waals surface area (Å²) in [7, 11) is 0. The van der Waals surface area contributed by atoms with Crippen molar-refractivity contribution in [1.29, 1.82) is 0 Å². The Morgan fingerprint density at radius 3 is 2.56 bits per heavy atom. The Morgan fingerprint density at radius 2 is 1.88 bits per heavy atom. The van der Waals surface area contributed by atoms with E-state index in [9.17, 15) is 4.79 Å². The second-order valence-electron chi connectivity index (χ2n) is 9.04. The SMILES string of the molecule is C=C(NC(C)=O)c1ccc(OC2CCC(Cc3ccnc(C4CC=CCC4)n3)CC2)cc1. The third-order valence-electron chi connectivity index (χ3n) is 6.49. The van der Waals surface area contributed by atoms with Crippen molar-refractivity contribution >= 4 is 11.6 Å². The van der Waals surface area contributed by atoms with Gasteiger partial charge in [0.1, 0.15) is 11.6 Å². The van der Waals surface area contributed by atoms with Gasteiger partial charge >= 0.3 is 0 Å². The normalized spacial score (nSPS) is 22.8. The highest BCUT2D eigenvalue weighted by Gasteiger charge is 2.24. The molecular weight excluding hydrogens is 398 g/mol. The number of carbonyl (C=O) groups excluding carboxylic acids is 1. The predicted octanol–water partition coefficient (Wildman–Crippen LogP) is 5.59. The minimum Gasteiger partial charge on any atom is -0.490 e. The van der Waals surface area contributed by atoms with Crippen molar-refractivity contribution in [3.8, 4) is 5.75 Å². The zero-order valence-corrected chi connectivity index (χ0v) is 18.9. The first-order valence-electron chi connectivity index (χ1n) is 11.8. The van der Waals surface area contributed by atoms with Gasteiger partial charge in [0, 0.05) is 30.4 Å². The number of nitrogens with zero attached hydrogens (tertiary/aromatic N) is 2. The number of benzene rings is 1. The number of amides is 1. The second-order valence-corrected chi connectivity index (χ2v) is 9.04. The van der Waals surface area contributed by atoms with Crippen LogP contribution in [0, 0.1) is 5.92 Å². The first-order chi connectivity index (χ1) is 15.6. The first-order valence-corrected chi connectivity index (χ1v) is 11.8. The number of hydrogen-bond donors (Lipinski definition) is 1. The number of ether oxygens (including phenoxy) is 1. The molecule has 0 radical (unpaired) electrons. The minimum absolute atomic E-state index is 0.114. The number of hydrogen-bond acceptors (Lipinski definition) is 4. The van der Waals surface area contributed by atoms with E-state index in [4.69, 9.17) is 9.72 Å². The summed E-state index contributed by atoms with van der Waals surface area (Å²) in [4.78, 5) is 20.6. The van der Waals surface area contributed by atoms with Crippen LogP contribution in [0.25, 0.3) is 5.70 Å². The zero-order valence-electron chi connectivity index (χ0n) is 18.9. The molecule has 1 atom stereocenters. The summed E-state index contributed by atoms with van der Waals surface area (Å²) in [6.45, 7) is 5.38. The van der Waals surface area contributed by atoms with Crippen LogP contribution in [0.15, 0.2) is 55.3 Å². The molecular formula is C27H33N3O2. The molecule has 1 N–H and O–H groups in total. The fraction of sp³-hybridized carbons (Fsp3) is 0.444. The molecule has 168 valence electrons. The quantitative estimate of drug-likeness (QED) is 0.581. The second kappa shape index (κ2) is 10.6. The average molecular weight is 432 g/mol. The molecule has 2 aliphatic carbocycles. The van der Waals surface area contributed by atoms with Gasteiger partial charge < -0.3 is 10.1 Å². The summed E-state index contributed by atoms with van der Waals surface area (Å²) < 4.78 is 6.22. The molecule has 2 aromatic rings. The molecule has 0 aliphatic heterocycles. The Balaban J connectivity index is 1.25. The molecule has 1 unspecified atom stereocenters. The lowest BCUT2D eigenvalue weighted by molar-refractivity contribution is -0.117. The molecule has 1 heterocycles. The van der Waals surface area contributed by atoms with E-state index in [-0.39, 0.29) is 12.0 Å². The number of rotatable bonds is 7. The Kier molecular flexibility index (Phi) is 7.35. The molecule has 0 bridgehead atoms. The van der Waals surface area contributed by atoms with Gasteiger partial charge in [-0.25, -0.2) is 9.97 Å². The van der Waals surface area contributed by atoms with E-state index in [1.807, 2.05) is 30.5 Å². The summed E-state index contributed by atoms with van der Waals surface area (Å²) in [5, 5.41) is 2.72. The van der Waals surface area contributed by atoms with Crippen LogP contribution in [0.2, 0.25) is 0 Å². The van der Waals surface area contributed by atoms with Crippen molar-refractivity contribution in [2.45, 2.75) is 70.3 Å². The number of allylic oxidation sites excluding steroid dienone is 2. The monoisotopic (exact) mass is 431 g/mol. The summed E-state index contributed by atoms with van der Waals surface area (Å²) in [6, 6.07) is 9.87. The van der Waals surface area contributed by atoms with Crippen molar-refractivity contribution in [1.82, 2.24) is 15.3 Å². The van der Waals surface area contributed by atoms with Gasteiger partial charge in [-0.1, -0.05) is 18.7 Å². The molecule has 1 fully saturated rings. The van der Waals surface area contributed by atoms with Gasteiger partial charge in [0.2, 0.25) is 5.91 Å². The van der Waals surface area contributed by atoms with E-state index in [0.717, 1.165) is 68.5 Å². The highest BCUT2D eigenvalue weighted by molar-refractivity contribution is 5.84. The Morgan fingerprint density at radius 1 is 1.09 bits per heavy atom. The smallest absolute Gasteiger partial charge is 0.221 e. The van der Waals surface area contributed by atoms with Crippen LogP contribution in [-0.2, 0) is 11.2 Å². The standard InChI is InChI=1S/C27H33N3O2/c1-19(29-20(2)31)22-10-14-26(15-11-22)32-25-12-8-21(9-13-25)18-24-16-17-28-27(30-24)23-6-4-3-5-7-23/h3-4,10-11,14-17,21,23,25H,1,5-9,12-13,18H2,2H3,(H,29,31). The molecule has 4 rings (SSSR count). The van der Waals surface area contributed by atoms with Crippen molar-refractivity contribution in [2.75, 3.05) is 0 Å². The molecule has 0 saturated heterocycles. The maximum Gasteiger partial charge on any atom is 0.221 e. The summed E-state index contributed by atoms with van der Waals surface area (Å²) >= 11 is 0. The molecule has 1 aromatic carbocycles. The number of carbonyl (C=O) groups is 1. The van der Waals surface area contributed by atoms with E-state index in [1.54, 1.807) is 0 Å². The number of aromatic nitrogens is 2. The number of nitrogens with one attached hydrogen (secondary N) is 1. The van der Waals surface area contributed by atoms with E-state index in [1.165, 1.54) is 12.6 Å². The molecule has 32 heavy (non-hydrogen) atoms. The van der Waals surface area contributed by atoms with Crippen LogP contribution >= 0.6 is 0 Å². The van der Waals surface area contributed by atoms with Crippen molar-refractivity contribution < 1.29 is 9.53 Å². The van der Waals surface area contributed by atoms with Crippen LogP contribution < -0.4 is 10.1 Å². The molecule has 1 amide bonds. The molecule has 1 saturated carbocycles. The average Bonchev–Trinajstić information content (AvgIpc) is 2.81. The molecule has 5 heteroatoms. The van der Waals surface area contributed by atoms with Crippen LogP contribution in [0.5, 0.6) is 5.75 Å². The van der Waals surface area contributed by atoms with E-state index < -0.39 is 0 Å². The predicted molar refractivity (Wildman–Crippen MR) is 127 cm³/mol. The van der Waals surface area contributed by atoms with Crippen LogP contribution in [0.3, 0.4) is 0 Å². The van der Waals surface area contributed by atoms with Gasteiger partial charge in [-0.05, 0) is 93.2 Å². The van der Waals surface area contributed by atoms with Crippen LogP contribution in [0.4, 0.5) is 0 Å². The van der Waals surface area contributed by atoms with Gasteiger partial charge in [0.25, 0.3) is 0 Å². The maximum atomic E-state index is 11.2. The van der Waals surface area contributed by atoms with E-state index in [2.05, 4.69) is 35.1 Å². The largest absolute Gasteiger partial charge is 0.490 e. The highest BCUT2D eigenvalue weighted by Crippen LogP contribution is 2.31. The van der Waals surface area contributed by atoms with E-state index >= 15 is 0 Å². The lowest BCUT2D eigenvalue weighted by atomic mass is 9.84. The third-order valence-corrected chi connectivity index (χ3v) is 6.49. The summed E-state index contributed by atoms with van der Waals surface area (Å²) in [5.41, 5.74) is 2.69. The Bertz CT molecular complexity index is 959. The minimum atomic E-state index is -0.114. The van der Waals surface area contributed by atoms with Crippen LogP contribution in [0.1, 0.15) is 74.9 Å². The molecule has 2 aliphatic rings. The topological polar surface area (TPSA) is 64.1 Å². The fourth-order valence-electron chi connectivity index (χ4n) is 4.71. The van der Waals surface area contributed by atoms with Crippen molar-refractivity contribution in [3.63, 3.8) is 0 Å².